The molecule has 16 heavy (non-hydrogen) atoms. The molecule has 0 aliphatic heterocycles. The number of rotatable bonds is 0. The van der Waals surface area contributed by atoms with Crippen LogP contribution < -0.4 is 16.9 Å². The first-order valence-corrected chi connectivity index (χ1v) is 21.3. The quantitative estimate of drug-likeness (QED) is 0.487. The fourth-order valence-corrected chi connectivity index (χ4v) is 0. The molecular weight excluding hydrogens is 344 g/mol. The molecule has 0 atom stereocenters. The van der Waals surface area contributed by atoms with Gasteiger partial charge in [-0.3, -0.25) is 0 Å². The third-order valence-electron chi connectivity index (χ3n) is 0. The molecule has 0 aromatic heterocycles. The average Bonchev–Trinajstić information content (AvgIpc) is 1.76. The molecule has 0 heterocycles. The Morgan fingerprint density at radius 3 is 0.375 bits per heavy atom. The van der Waals surface area contributed by atoms with Crippen molar-refractivity contribution in [2.75, 3.05) is 0 Å². The summed E-state index contributed by atoms with van der Waals surface area (Å²) in [6.45, 7) is 0. The van der Waals surface area contributed by atoms with Gasteiger partial charge in [-0.1, -0.05) is 0 Å². The Kier molecular flexibility index (Phi) is 38.7. The summed E-state index contributed by atoms with van der Waals surface area (Å²) in [6, 6.07) is 0. The zero-order valence-corrected chi connectivity index (χ0v) is 18.6. The summed E-state index contributed by atoms with van der Waals surface area (Å²) < 4.78 is 21.1. The van der Waals surface area contributed by atoms with E-state index in [0.717, 1.165) is 0 Å². The van der Waals surface area contributed by atoms with Crippen LogP contribution in [0.5, 0.6) is 0 Å². The van der Waals surface area contributed by atoms with Crippen LogP contribution in [0.15, 0.2) is 0 Å². The first-order valence-electron chi connectivity index (χ1n) is 5.15. The van der Waals surface area contributed by atoms with Crippen molar-refractivity contribution in [2.24, 2.45) is 16.9 Å². The fraction of sp³-hybridized carbons (Fsp3) is 1.00. The summed E-state index contributed by atoms with van der Waals surface area (Å²) in [6.07, 6.45) is 0. The van der Waals surface area contributed by atoms with Crippen molar-refractivity contribution in [3.8, 4) is 0 Å². The summed E-state index contributed by atoms with van der Waals surface area (Å²) >= 11 is -3.33. The molecular formula is C8H32N4Ti4. The second-order valence-electron chi connectivity index (χ2n) is 4.31. The molecule has 0 saturated heterocycles. The molecule has 0 saturated carbocycles. The van der Waals surface area contributed by atoms with Crippen LogP contribution in [0.25, 0.3) is 0 Å². The predicted octanol–water partition coefficient (Wildman–Crippen LogP) is 2.30. The van der Waals surface area contributed by atoms with E-state index < -0.39 is 72.5 Å². The molecule has 100 valence electrons. The van der Waals surface area contributed by atoms with E-state index in [9.17, 15) is 0 Å². The molecule has 4 nitrogen and oxygen atoms in total. The molecule has 0 spiro atoms. The van der Waals surface area contributed by atoms with E-state index in [4.69, 9.17) is 16.9 Å². The Labute approximate surface area is 129 Å². The van der Waals surface area contributed by atoms with Crippen molar-refractivity contribution in [3.05, 3.63) is 0 Å². The van der Waals surface area contributed by atoms with Crippen molar-refractivity contribution in [3.63, 3.8) is 0 Å². The molecule has 0 fully saturated rings. The van der Waals surface area contributed by atoms with Crippen molar-refractivity contribution in [1.82, 2.24) is 0 Å². The van der Waals surface area contributed by atoms with Crippen LogP contribution in [0.2, 0.25) is 41.8 Å². The van der Waals surface area contributed by atoms with E-state index in [1.165, 1.54) is 0 Å². The molecule has 8 heteroatoms. The van der Waals surface area contributed by atoms with Gasteiger partial charge in [0.2, 0.25) is 0 Å². The Balaban J connectivity index is -0.0000000600. The van der Waals surface area contributed by atoms with Gasteiger partial charge in [-0.2, -0.15) is 0 Å². The summed E-state index contributed by atoms with van der Waals surface area (Å²) in [7, 11) is 0. The van der Waals surface area contributed by atoms with Gasteiger partial charge in [0.15, 0.2) is 0 Å². The Bertz CT molecular complexity index is 67.0. The van der Waals surface area contributed by atoms with Gasteiger partial charge in [-0.05, 0) is 0 Å². The van der Waals surface area contributed by atoms with E-state index in [1.54, 1.807) is 0 Å². The Morgan fingerprint density at radius 1 is 0.375 bits per heavy atom. The first-order chi connectivity index (χ1) is 6.93. The van der Waals surface area contributed by atoms with Crippen LogP contribution in [0.3, 0.4) is 0 Å². The van der Waals surface area contributed by atoms with Crippen molar-refractivity contribution >= 4 is 0 Å². The van der Waals surface area contributed by atoms with Crippen LogP contribution >= 0.6 is 0 Å². The van der Waals surface area contributed by atoms with Gasteiger partial charge in [-0.15, -0.1) is 0 Å². The van der Waals surface area contributed by atoms with Gasteiger partial charge in [0.05, 0.1) is 0 Å². The van der Waals surface area contributed by atoms with E-state index in [-0.39, 0.29) is 0 Å². The van der Waals surface area contributed by atoms with Crippen molar-refractivity contribution < 1.29 is 72.5 Å². The maximum absolute atomic E-state index is 5.28. The van der Waals surface area contributed by atoms with Crippen LogP contribution in [0.1, 0.15) is 0 Å². The Hall–Kier alpha value is 2.70. The molecule has 0 aliphatic carbocycles. The van der Waals surface area contributed by atoms with E-state index >= 15 is 0 Å². The second-order valence-corrected chi connectivity index (χ2v) is 17.8. The SMILES string of the molecule is [CH3][Ti]([CH3])[NH2].[CH3][Ti]([CH3])[NH2].[CH3][Ti]([CH3])[NH2].[CH3][Ti]([CH3])[NH2]. The molecule has 0 amide bonds. The Morgan fingerprint density at radius 2 is 0.375 bits per heavy atom. The molecule has 0 radical (unpaired) electrons. The van der Waals surface area contributed by atoms with Crippen LogP contribution in [0, 0.1) is 0 Å². The van der Waals surface area contributed by atoms with Gasteiger partial charge < -0.3 is 0 Å². The van der Waals surface area contributed by atoms with Crippen molar-refractivity contribution in [1.29, 1.82) is 0 Å². The monoisotopic (exact) mass is 376 g/mol. The molecule has 0 bridgehead atoms. The standard InChI is InChI=1S/8CH3.4H2N.4Ti/h8*1H3;4*1H2;;;;/q;;;;;;;;4*-1;4*+1. The zero-order valence-electron chi connectivity index (χ0n) is 12.3. The molecule has 0 unspecified atom stereocenters. The van der Waals surface area contributed by atoms with E-state index in [0.29, 0.717) is 0 Å². The third kappa shape index (κ3) is 566. The predicted molar refractivity (Wildman–Crippen MR) is 63.7 cm³/mol. The molecule has 0 aromatic carbocycles. The van der Waals surface area contributed by atoms with E-state index in [1.807, 2.05) is 0 Å². The first kappa shape index (κ1) is 27.1. The number of hydrogen-bond donors (Lipinski definition) is 4. The number of nitrogens with two attached hydrogens (primary N) is 4. The van der Waals surface area contributed by atoms with Crippen LogP contribution in [0.4, 0.5) is 0 Å². The minimum atomic E-state index is -0.833. The topological polar surface area (TPSA) is 104 Å². The van der Waals surface area contributed by atoms with Gasteiger partial charge in [0.25, 0.3) is 0 Å². The van der Waals surface area contributed by atoms with Gasteiger partial charge in [0, 0.05) is 0 Å². The maximum atomic E-state index is 5.28. The second kappa shape index (κ2) is 22.8. The molecule has 0 aliphatic rings. The van der Waals surface area contributed by atoms with Gasteiger partial charge in [0.1, 0.15) is 0 Å². The number of hydrogen-bond acceptors (Lipinski definition) is 4. The van der Waals surface area contributed by atoms with Crippen molar-refractivity contribution in [2.45, 2.75) is 41.8 Å². The van der Waals surface area contributed by atoms with Gasteiger partial charge >= 0.3 is 131 Å². The third-order valence-corrected chi connectivity index (χ3v) is 0. The molecule has 0 aromatic rings. The summed E-state index contributed by atoms with van der Waals surface area (Å²) in [5.41, 5.74) is 0. The average molecular weight is 376 g/mol. The fourth-order valence-electron chi connectivity index (χ4n) is 0. The van der Waals surface area contributed by atoms with Crippen LogP contribution in [-0.2, 0) is 72.5 Å². The summed E-state index contributed by atoms with van der Waals surface area (Å²) in [4.78, 5) is 0. The molecule has 8 N–H and O–H groups in total. The zero-order chi connectivity index (χ0) is 14.3. The van der Waals surface area contributed by atoms with Crippen LogP contribution in [-0.4, -0.2) is 0 Å². The normalized spacial score (nSPS) is 6.75. The summed E-state index contributed by atoms with van der Waals surface area (Å²) in [5, 5.41) is 16.9. The van der Waals surface area contributed by atoms with E-state index in [2.05, 4.69) is 41.8 Å². The summed E-state index contributed by atoms with van der Waals surface area (Å²) in [5.74, 6) is 0. The van der Waals surface area contributed by atoms with Gasteiger partial charge in [-0.25, -0.2) is 0 Å². The molecule has 0 rings (SSSR count). The minimum absolute atomic E-state index is 0.833.